The first kappa shape index (κ1) is 15.6. The summed E-state index contributed by atoms with van der Waals surface area (Å²) in [4.78, 5) is 4.51. The molecule has 1 aromatic carbocycles. The zero-order valence-corrected chi connectivity index (χ0v) is 12.2. The van der Waals surface area contributed by atoms with Gasteiger partial charge in [0.1, 0.15) is 5.84 Å². The van der Waals surface area contributed by atoms with Gasteiger partial charge >= 0.3 is 0 Å². The van der Waals surface area contributed by atoms with Gasteiger partial charge in [-0.05, 0) is 30.5 Å². The molecule has 2 N–H and O–H groups in total. The van der Waals surface area contributed by atoms with Crippen molar-refractivity contribution in [3.63, 3.8) is 0 Å². The molecule has 0 radical (unpaired) electrons. The number of hydrogen-bond donors (Lipinski definition) is 2. The number of nitrogens with one attached hydrogen (secondary N) is 2. The van der Waals surface area contributed by atoms with Gasteiger partial charge in [0.15, 0.2) is 0 Å². The van der Waals surface area contributed by atoms with Crippen LogP contribution in [0, 0.1) is 26.2 Å². The molecule has 19 heavy (non-hydrogen) atoms. The minimum Gasteiger partial charge on any atom is -0.370 e. The zero-order chi connectivity index (χ0) is 13.0. The Labute approximate surface area is 121 Å². The number of aliphatic imine (C=N–C) groups is 1. The molecule has 0 saturated heterocycles. The minimum absolute atomic E-state index is 0. The Morgan fingerprint density at radius 1 is 1.47 bits per heavy atom. The molecule has 2 rings (SSSR count). The van der Waals surface area contributed by atoms with E-state index in [1.54, 1.807) is 0 Å². The Bertz CT molecular complexity index is 503. The van der Waals surface area contributed by atoms with E-state index in [0.717, 1.165) is 18.9 Å². The van der Waals surface area contributed by atoms with Crippen LogP contribution in [-0.4, -0.2) is 25.5 Å². The summed E-state index contributed by atoms with van der Waals surface area (Å²) in [7, 11) is 0. The largest absolute Gasteiger partial charge is 0.370 e. The third-order valence-electron chi connectivity index (χ3n) is 3.34. The maximum atomic E-state index is 5.35. The zero-order valence-electron chi connectivity index (χ0n) is 11.4. The average molecular weight is 278 g/mol. The van der Waals surface area contributed by atoms with Gasteiger partial charge in [0, 0.05) is 6.54 Å². The molecule has 4 heteroatoms. The average Bonchev–Trinajstić information content (AvgIpc) is 2.88. The first-order valence-electron chi connectivity index (χ1n) is 6.25. The highest BCUT2D eigenvalue weighted by Gasteiger charge is 2.21. The lowest BCUT2D eigenvalue weighted by Gasteiger charge is -2.21. The molecule has 1 aromatic rings. The van der Waals surface area contributed by atoms with Crippen molar-refractivity contribution in [2.75, 3.05) is 19.6 Å². The molecule has 0 spiro atoms. The van der Waals surface area contributed by atoms with Crippen LogP contribution in [0.2, 0.25) is 0 Å². The Hall–Kier alpha value is -1.50. The number of hydrogen-bond acceptors (Lipinski definition) is 3. The number of benzene rings is 1. The molecule has 1 aliphatic rings. The van der Waals surface area contributed by atoms with Gasteiger partial charge in [0.25, 0.3) is 0 Å². The molecule has 0 aliphatic carbocycles. The molecule has 0 bridgehead atoms. The van der Waals surface area contributed by atoms with Crippen LogP contribution in [0.3, 0.4) is 0 Å². The van der Waals surface area contributed by atoms with E-state index in [4.69, 9.17) is 6.42 Å². The van der Waals surface area contributed by atoms with Crippen LogP contribution in [0.1, 0.15) is 22.7 Å². The summed E-state index contributed by atoms with van der Waals surface area (Å²) >= 11 is 0. The van der Waals surface area contributed by atoms with E-state index in [9.17, 15) is 0 Å². The van der Waals surface area contributed by atoms with Crippen LogP contribution in [-0.2, 0) is 0 Å². The van der Waals surface area contributed by atoms with Crippen molar-refractivity contribution in [3.8, 4) is 12.3 Å². The van der Waals surface area contributed by atoms with Crippen molar-refractivity contribution in [1.82, 2.24) is 10.6 Å². The van der Waals surface area contributed by atoms with Crippen molar-refractivity contribution in [2.24, 2.45) is 4.99 Å². The predicted octanol–water partition coefficient (Wildman–Crippen LogP) is 1.99. The maximum absolute atomic E-state index is 5.35. The Morgan fingerprint density at radius 2 is 2.26 bits per heavy atom. The summed E-state index contributed by atoms with van der Waals surface area (Å²) in [5.41, 5.74) is 3.83. The fourth-order valence-electron chi connectivity index (χ4n) is 2.21. The number of terminal acetylenes is 1. The van der Waals surface area contributed by atoms with E-state index in [2.05, 4.69) is 53.6 Å². The van der Waals surface area contributed by atoms with Crippen LogP contribution in [0.15, 0.2) is 23.2 Å². The molecule has 0 amide bonds. The second-order valence-electron chi connectivity index (χ2n) is 4.50. The van der Waals surface area contributed by atoms with Crippen LogP contribution < -0.4 is 10.6 Å². The van der Waals surface area contributed by atoms with E-state index >= 15 is 0 Å². The predicted molar refractivity (Wildman–Crippen MR) is 83.0 cm³/mol. The molecule has 0 aromatic heterocycles. The van der Waals surface area contributed by atoms with Crippen molar-refractivity contribution < 1.29 is 0 Å². The molecule has 1 heterocycles. The molecule has 0 fully saturated rings. The highest BCUT2D eigenvalue weighted by molar-refractivity contribution is 5.90. The summed E-state index contributed by atoms with van der Waals surface area (Å²) in [6.45, 7) is 6.56. The van der Waals surface area contributed by atoms with Crippen LogP contribution in [0.5, 0.6) is 0 Å². The fraction of sp³-hybridized carbons (Fsp3) is 0.400. The molecular weight excluding hydrogens is 258 g/mol. The molecule has 0 saturated carbocycles. The van der Waals surface area contributed by atoms with Crippen molar-refractivity contribution in [1.29, 1.82) is 0 Å². The summed E-state index contributed by atoms with van der Waals surface area (Å²) in [6, 6.07) is 6.42. The first-order valence-corrected chi connectivity index (χ1v) is 6.25. The number of nitrogens with zero attached hydrogens (tertiary/aromatic N) is 1. The monoisotopic (exact) mass is 277 g/mol. The van der Waals surface area contributed by atoms with Gasteiger partial charge in [-0.15, -0.1) is 18.8 Å². The molecule has 1 aliphatic heterocycles. The number of halogens is 1. The normalized spacial score (nSPS) is 14.9. The van der Waals surface area contributed by atoms with Gasteiger partial charge in [0.05, 0.1) is 19.1 Å². The van der Waals surface area contributed by atoms with Crippen LogP contribution in [0.4, 0.5) is 0 Å². The van der Waals surface area contributed by atoms with E-state index in [1.807, 2.05) is 0 Å². The van der Waals surface area contributed by atoms with Crippen LogP contribution >= 0.6 is 12.4 Å². The Kier molecular flexibility index (Phi) is 5.88. The topological polar surface area (TPSA) is 36.4 Å². The van der Waals surface area contributed by atoms with Gasteiger partial charge in [-0.3, -0.25) is 10.3 Å². The van der Waals surface area contributed by atoms with Gasteiger partial charge in [-0.1, -0.05) is 24.1 Å². The third kappa shape index (κ3) is 3.50. The van der Waals surface area contributed by atoms with E-state index in [1.165, 1.54) is 16.7 Å². The number of rotatable bonds is 4. The lowest BCUT2D eigenvalue weighted by Crippen LogP contribution is -2.36. The van der Waals surface area contributed by atoms with E-state index in [0.29, 0.717) is 6.54 Å². The third-order valence-corrected chi connectivity index (χ3v) is 3.34. The van der Waals surface area contributed by atoms with Crippen LogP contribution in [0.25, 0.3) is 0 Å². The molecular formula is C15H20ClN3. The molecule has 102 valence electrons. The van der Waals surface area contributed by atoms with Crippen molar-refractivity contribution >= 4 is 18.2 Å². The molecule has 3 nitrogen and oxygen atoms in total. The van der Waals surface area contributed by atoms with Crippen molar-refractivity contribution in [3.05, 3.63) is 34.9 Å². The van der Waals surface area contributed by atoms with Gasteiger partial charge in [-0.25, -0.2) is 0 Å². The summed E-state index contributed by atoms with van der Waals surface area (Å²) in [5, 5.41) is 6.70. The van der Waals surface area contributed by atoms with Gasteiger partial charge < -0.3 is 5.32 Å². The Balaban J connectivity index is 0.00000180. The van der Waals surface area contributed by atoms with Gasteiger partial charge in [0.2, 0.25) is 0 Å². The summed E-state index contributed by atoms with van der Waals surface area (Å²) in [6.07, 6.45) is 5.35. The fourth-order valence-corrected chi connectivity index (χ4v) is 2.21. The first-order chi connectivity index (χ1) is 8.74. The lowest BCUT2D eigenvalue weighted by atomic mass is 9.96. The summed E-state index contributed by atoms with van der Waals surface area (Å²) in [5.74, 6) is 3.63. The number of aryl methyl sites for hydroxylation is 1. The smallest absolute Gasteiger partial charge is 0.118 e. The SMILES string of the molecule is C#CCNC(C1=NCCN1)c1cccc(C)c1C.Cl. The molecule has 1 atom stereocenters. The molecule has 1 unspecified atom stereocenters. The second kappa shape index (κ2) is 7.18. The standard InChI is InChI=1S/C15H19N3.ClH/c1-4-8-16-14(15-17-9-10-18-15)13-7-5-6-11(2)12(13)3;/h1,5-7,14,16H,8-10H2,2-3H3,(H,17,18);1H. The summed E-state index contributed by atoms with van der Waals surface area (Å²) < 4.78 is 0. The highest BCUT2D eigenvalue weighted by Crippen LogP contribution is 2.22. The van der Waals surface area contributed by atoms with E-state index in [-0.39, 0.29) is 18.4 Å². The maximum Gasteiger partial charge on any atom is 0.118 e. The lowest BCUT2D eigenvalue weighted by molar-refractivity contribution is 0.691. The second-order valence-corrected chi connectivity index (χ2v) is 4.50. The van der Waals surface area contributed by atoms with Crippen molar-refractivity contribution in [2.45, 2.75) is 19.9 Å². The quantitative estimate of drug-likeness (QED) is 0.826. The number of amidine groups is 1. The highest BCUT2D eigenvalue weighted by atomic mass is 35.5. The minimum atomic E-state index is 0. The Morgan fingerprint density at radius 3 is 2.89 bits per heavy atom. The van der Waals surface area contributed by atoms with E-state index < -0.39 is 0 Å². The van der Waals surface area contributed by atoms with Gasteiger partial charge in [-0.2, -0.15) is 0 Å².